The van der Waals surface area contributed by atoms with E-state index in [1.54, 1.807) is 11.3 Å². The van der Waals surface area contributed by atoms with Gasteiger partial charge in [-0.1, -0.05) is 34.5 Å². The van der Waals surface area contributed by atoms with Crippen LogP contribution >= 0.6 is 54.8 Å². The highest BCUT2D eigenvalue weighted by atomic mass is 79.9. The molecular formula is C9H8Br2ClFS. The molecule has 1 aliphatic carbocycles. The molecule has 1 heterocycles. The molecule has 0 spiro atoms. The smallest absolute Gasteiger partial charge is 0.108 e. The van der Waals surface area contributed by atoms with E-state index in [9.17, 15) is 4.39 Å². The van der Waals surface area contributed by atoms with Crippen LogP contribution in [0.4, 0.5) is 4.39 Å². The van der Waals surface area contributed by atoms with Gasteiger partial charge in [0.05, 0.1) is 13.6 Å². The zero-order valence-corrected chi connectivity index (χ0v) is 12.1. The summed E-state index contributed by atoms with van der Waals surface area (Å²) in [6, 6.07) is 1.89. The molecule has 1 aromatic heterocycles. The van der Waals surface area contributed by atoms with E-state index in [0.29, 0.717) is 11.4 Å². The molecule has 0 nitrogen and oxygen atoms in total. The van der Waals surface area contributed by atoms with Crippen LogP contribution in [0.2, 0.25) is 5.02 Å². The summed E-state index contributed by atoms with van der Waals surface area (Å²) in [6.45, 7) is 1.96. The first-order valence-corrected chi connectivity index (χ1v) is 7.08. The Bertz CT molecular complexity index is 348. The van der Waals surface area contributed by atoms with Gasteiger partial charge < -0.3 is 0 Å². The van der Waals surface area contributed by atoms with Crippen molar-refractivity contribution < 1.29 is 4.39 Å². The van der Waals surface area contributed by atoms with Gasteiger partial charge in [-0.25, -0.2) is 4.39 Å². The molecule has 0 radical (unpaired) electrons. The number of thiophene rings is 1. The Hall–Kier alpha value is 0.880. The van der Waals surface area contributed by atoms with Crippen LogP contribution in [0.25, 0.3) is 0 Å². The Balaban J connectivity index is 2.24. The van der Waals surface area contributed by atoms with Crippen molar-refractivity contribution in [2.75, 3.05) is 0 Å². The molecule has 2 rings (SSSR count). The molecule has 0 N–H and O–H groups in total. The van der Waals surface area contributed by atoms with Gasteiger partial charge >= 0.3 is 0 Å². The molecular weight excluding hydrogens is 354 g/mol. The van der Waals surface area contributed by atoms with Gasteiger partial charge in [-0.2, -0.15) is 0 Å². The molecule has 14 heavy (non-hydrogen) atoms. The number of halogens is 4. The predicted octanol–water partition coefficient (Wildman–Crippen LogP) is 5.35. The monoisotopic (exact) mass is 360 g/mol. The normalized spacial score (nSPS) is 33.1. The van der Waals surface area contributed by atoms with Crippen LogP contribution in [0, 0.1) is 5.41 Å². The fourth-order valence-electron chi connectivity index (χ4n) is 1.40. The number of hydrogen-bond acceptors (Lipinski definition) is 1. The minimum Gasteiger partial charge on any atom is -0.247 e. The summed E-state index contributed by atoms with van der Waals surface area (Å²) in [5.41, 5.74) is -0.242. The highest BCUT2D eigenvalue weighted by Crippen LogP contribution is 2.61. The SMILES string of the molecule is CC1(C(Br)c2cc(Cl)c(Br)s2)CC1F. The van der Waals surface area contributed by atoms with Crippen LogP contribution in [0.3, 0.4) is 0 Å². The summed E-state index contributed by atoms with van der Waals surface area (Å²) in [4.78, 5) is 1.16. The Kier molecular flexibility index (Phi) is 3.02. The summed E-state index contributed by atoms with van der Waals surface area (Å²) < 4.78 is 14.0. The fraction of sp³-hybridized carbons (Fsp3) is 0.556. The third-order valence-corrected chi connectivity index (χ3v) is 7.05. The summed E-state index contributed by atoms with van der Waals surface area (Å²) in [5, 5.41) is 0.703. The maximum Gasteiger partial charge on any atom is 0.108 e. The van der Waals surface area contributed by atoms with Gasteiger partial charge in [0.1, 0.15) is 6.17 Å². The molecule has 1 aliphatic rings. The molecule has 78 valence electrons. The van der Waals surface area contributed by atoms with Gasteiger partial charge in [0.15, 0.2) is 0 Å². The van der Waals surface area contributed by atoms with Gasteiger partial charge in [-0.15, -0.1) is 11.3 Å². The second kappa shape index (κ2) is 3.72. The summed E-state index contributed by atoms with van der Waals surface area (Å²) >= 11 is 14.4. The average molecular weight is 362 g/mol. The van der Waals surface area contributed by atoms with Gasteiger partial charge in [0.25, 0.3) is 0 Å². The van der Waals surface area contributed by atoms with Gasteiger partial charge in [0, 0.05) is 10.3 Å². The van der Waals surface area contributed by atoms with Crippen molar-refractivity contribution in [3.63, 3.8) is 0 Å². The van der Waals surface area contributed by atoms with Crippen molar-refractivity contribution >= 4 is 54.8 Å². The molecule has 0 aliphatic heterocycles. The first kappa shape index (κ1) is 11.4. The van der Waals surface area contributed by atoms with Crippen LogP contribution in [0.15, 0.2) is 9.85 Å². The Morgan fingerprint density at radius 3 is 2.71 bits per heavy atom. The lowest BCUT2D eigenvalue weighted by Gasteiger charge is -2.14. The molecule has 1 aromatic rings. The summed E-state index contributed by atoms with van der Waals surface area (Å²) in [6.07, 6.45) is -0.0534. The Morgan fingerprint density at radius 1 is 1.79 bits per heavy atom. The molecule has 0 saturated heterocycles. The maximum absolute atomic E-state index is 13.1. The number of rotatable bonds is 2. The second-order valence-electron chi connectivity index (χ2n) is 3.81. The van der Waals surface area contributed by atoms with Crippen molar-refractivity contribution in [1.29, 1.82) is 0 Å². The highest BCUT2D eigenvalue weighted by Gasteiger charge is 2.56. The molecule has 3 atom stereocenters. The van der Waals surface area contributed by atoms with E-state index in [1.807, 2.05) is 13.0 Å². The van der Waals surface area contributed by atoms with E-state index >= 15 is 0 Å². The van der Waals surface area contributed by atoms with Crippen LogP contribution < -0.4 is 0 Å². The van der Waals surface area contributed by atoms with Crippen LogP contribution in [-0.4, -0.2) is 6.17 Å². The van der Waals surface area contributed by atoms with Crippen LogP contribution in [0.5, 0.6) is 0 Å². The lowest BCUT2D eigenvalue weighted by Crippen LogP contribution is -2.05. The standard InChI is InChI=1S/C9H8Br2ClFS/c1-9(3-6(9)13)7(10)5-2-4(12)8(11)14-5/h2,6-7H,3H2,1H3. The van der Waals surface area contributed by atoms with E-state index in [1.165, 1.54) is 0 Å². The van der Waals surface area contributed by atoms with Gasteiger partial charge in [-0.3, -0.25) is 0 Å². The van der Waals surface area contributed by atoms with Crippen molar-refractivity contribution in [3.8, 4) is 0 Å². The minimum absolute atomic E-state index is 0.0683. The van der Waals surface area contributed by atoms with E-state index in [-0.39, 0.29) is 10.2 Å². The molecule has 1 saturated carbocycles. The van der Waals surface area contributed by atoms with Gasteiger partial charge in [-0.05, 0) is 28.4 Å². The number of alkyl halides is 2. The Labute approximate surface area is 108 Å². The third kappa shape index (κ3) is 1.79. The quantitative estimate of drug-likeness (QED) is 0.622. The van der Waals surface area contributed by atoms with Crippen molar-refractivity contribution in [1.82, 2.24) is 0 Å². The minimum atomic E-state index is -0.688. The van der Waals surface area contributed by atoms with Crippen molar-refractivity contribution in [3.05, 3.63) is 19.8 Å². The molecule has 5 heteroatoms. The van der Waals surface area contributed by atoms with E-state index in [2.05, 4.69) is 31.9 Å². The molecule has 0 aromatic carbocycles. The maximum atomic E-state index is 13.1. The first-order valence-electron chi connectivity index (χ1n) is 4.18. The fourth-order valence-corrected chi connectivity index (χ4v) is 4.17. The lowest BCUT2D eigenvalue weighted by molar-refractivity contribution is 0.376. The molecule has 3 unspecified atom stereocenters. The zero-order chi connectivity index (χ0) is 10.5. The van der Waals surface area contributed by atoms with E-state index in [0.717, 1.165) is 8.66 Å². The van der Waals surface area contributed by atoms with E-state index in [4.69, 9.17) is 11.6 Å². The van der Waals surface area contributed by atoms with Crippen LogP contribution in [0.1, 0.15) is 23.0 Å². The first-order chi connectivity index (χ1) is 6.45. The molecule has 0 bridgehead atoms. The van der Waals surface area contributed by atoms with Crippen LogP contribution in [-0.2, 0) is 0 Å². The lowest BCUT2D eigenvalue weighted by atomic mass is 10.0. The predicted molar refractivity (Wildman–Crippen MR) is 66.3 cm³/mol. The topological polar surface area (TPSA) is 0 Å². The van der Waals surface area contributed by atoms with Gasteiger partial charge in [0.2, 0.25) is 0 Å². The second-order valence-corrected chi connectivity index (χ2v) is 7.53. The third-order valence-electron chi connectivity index (χ3n) is 2.67. The zero-order valence-electron chi connectivity index (χ0n) is 7.36. The average Bonchev–Trinajstić information content (AvgIpc) is 2.58. The van der Waals surface area contributed by atoms with E-state index < -0.39 is 6.17 Å². The molecule has 0 amide bonds. The molecule has 1 fully saturated rings. The van der Waals surface area contributed by atoms with Crippen molar-refractivity contribution in [2.45, 2.75) is 24.3 Å². The summed E-state index contributed by atoms with van der Waals surface area (Å²) in [5.74, 6) is 0. The number of hydrogen-bond donors (Lipinski definition) is 0. The highest BCUT2D eigenvalue weighted by molar-refractivity contribution is 9.11. The Morgan fingerprint density at radius 2 is 2.36 bits per heavy atom. The van der Waals surface area contributed by atoms with Crippen molar-refractivity contribution in [2.24, 2.45) is 5.41 Å². The largest absolute Gasteiger partial charge is 0.247 e. The summed E-state index contributed by atoms with van der Waals surface area (Å²) in [7, 11) is 0.